The van der Waals surface area contributed by atoms with Crippen molar-refractivity contribution in [2.75, 3.05) is 13.6 Å². The quantitative estimate of drug-likeness (QED) is 0.619. The number of aryl methyl sites for hydroxylation is 1. The minimum absolute atomic E-state index is 0.0781. The zero-order valence-electron chi connectivity index (χ0n) is 16.3. The Hall–Kier alpha value is -2.42. The molecule has 1 aromatic carbocycles. The van der Waals surface area contributed by atoms with Crippen LogP contribution in [-0.4, -0.2) is 37.1 Å². The van der Waals surface area contributed by atoms with E-state index in [9.17, 15) is 13.2 Å². The van der Waals surface area contributed by atoms with Gasteiger partial charge in [0.05, 0.1) is 6.54 Å². The molecular weight excluding hydrogens is 408 g/mol. The van der Waals surface area contributed by atoms with Crippen molar-refractivity contribution in [2.45, 2.75) is 31.3 Å². The average Bonchev–Trinajstić information content (AvgIpc) is 3.36. The normalized spacial score (nSPS) is 14.6. The molecule has 1 aliphatic heterocycles. The lowest BCUT2D eigenvalue weighted by atomic mass is 10.0. The third-order valence-corrected chi connectivity index (χ3v) is 7.99. The van der Waals surface area contributed by atoms with Crippen LogP contribution in [0.15, 0.2) is 57.2 Å². The fourth-order valence-corrected chi connectivity index (χ4v) is 6.33. The van der Waals surface area contributed by atoms with E-state index in [0.29, 0.717) is 25.3 Å². The molecule has 0 radical (unpaired) electrons. The lowest BCUT2D eigenvalue weighted by Crippen LogP contribution is -2.37. The van der Waals surface area contributed by atoms with E-state index in [2.05, 4.69) is 0 Å². The predicted molar refractivity (Wildman–Crippen MR) is 111 cm³/mol. The molecule has 0 saturated heterocycles. The molecule has 8 heteroatoms. The monoisotopic (exact) mass is 430 g/mol. The molecule has 0 bridgehead atoms. The SMILES string of the molecule is Cc1ccc(CN(C)C(=O)c2sccc2S(=O)(=O)N2CCc3ccccc3C2)o1. The second-order valence-electron chi connectivity index (χ2n) is 7.14. The van der Waals surface area contributed by atoms with Crippen LogP contribution in [0.1, 0.15) is 32.3 Å². The summed E-state index contributed by atoms with van der Waals surface area (Å²) in [6.45, 7) is 2.85. The Morgan fingerprint density at radius 2 is 1.93 bits per heavy atom. The smallest absolute Gasteiger partial charge is 0.265 e. The molecule has 0 N–H and O–H groups in total. The first kappa shape index (κ1) is 19.9. The Balaban J connectivity index is 1.57. The van der Waals surface area contributed by atoms with Gasteiger partial charge in [-0.05, 0) is 48.1 Å². The Bertz CT molecular complexity index is 1150. The largest absolute Gasteiger partial charge is 0.464 e. The number of fused-ring (bicyclic) bond motifs is 1. The number of hydrogen-bond acceptors (Lipinski definition) is 5. The Labute approximate surface area is 174 Å². The summed E-state index contributed by atoms with van der Waals surface area (Å²) < 4.78 is 33.6. The Morgan fingerprint density at radius 1 is 1.17 bits per heavy atom. The highest BCUT2D eigenvalue weighted by Gasteiger charge is 2.33. The van der Waals surface area contributed by atoms with E-state index in [1.807, 2.05) is 43.3 Å². The minimum atomic E-state index is -3.77. The van der Waals surface area contributed by atoms with E-state index in [0.717, 1.165) is 22.7 Å². The molecule has 29 heavy (non-hydrogen) atoms. The van der Waals surface area contributed by atoms with E-state index >= 15 is 0 Å². The Morgan fingerprint density at radius 3 is 2.66 bits per heavy atom. The van der Waals surface area contributed by atoms with Gasteiger partial charge in [-0.2, -0.15) is 4.31 Å². The van der Waals surface area contributed by atoms with Gasteiger partial charge in [-0.25, -0.2) is 8.42 Å². The number of thiophene rings is 1. The van der Waals surface area contributed by atoms with Crippen molar-refractivity contribution in [2.24, 2.45) is 0 Å². The number of carbonyl (C=O) groups excluding carboxylic acids is 1. The summed E-state index contributed by atoms with van der Waals surface area (Å²) in [4.78, 5) is 14.8. The summed E-state index contributed by atoms with van der Waals surface area (Å²) in [7, 11) is -2.12. The van der Waals surface area contributed by atoms with Crippen molar-refractivity contribution in [1.29, 1.82) is 0 Å². The molecular formula is C21H22N2O4S2. The first-order valence-corrected chi connectivity index (χ1v) is 11.6. The summed E-state index contributed by atoms with van der Waals surface area (Å²) in [5.74, 6) is 1.10. The molecule has 0 spiro atoms. The van der Waals surface area contributed by atoms with Gasteiger partial charge in [-0.15, -0.1) is 11.3 Å². The number of hydrogen-bond donors (Lipinski definition) is 0. The van der Waals surface area contributed by atoms with Crippen LogP contribution in [0.2, 0.25) is 0 Å². The highest BCUT2D eigenvalue weighted by molar-refractivity contribution is 7.89. The predicted octanol–water partition coefficient (Wildman–Crippen LogP) is 3.67. The average molecular weight is 431 g/mol. The summed E-state index contributed by atoms with van der Waals surface area (Å²) in [5.41, 5.74) is 2.18. The molecule has 6 nitrogen and oxygen atoms in total. The second-order valence-corrected chi connectivity index (χ2v) is 9.97. The van der Waals surface area contributed by atoms with Crippen LogP contribution in [0.5, 0.6) is 0 Å². The molecule has 2 aromatic heterocycles. The van der Waals surface area contributed by atoms with Gasteiger partial charge >= 0.3 is 0 Å². The maximum absolute atomic E-state index is 13.3. The summed E-state index contributed by atoms with van der Waals surface area (Å²) in [5, 5.41) is 1.66. The molecule has 4 rings (SSSR count). The van der Waals surface area contributed by atoms with Crippen LogP contribution in [-0.2, 0) is 29.5 Å². The van der Waals surface area contributed by atoms with Gasteiger partial charge in [-0.3, -0.25) is 4.79 Å². The minimum Gasteiger partial charge on any atom is -0.464 e. The van der Waals surface area contributed by atoms with E-state index in [4.69, 9.17) is 4.42 Å². The van der Waals surface area contributed by atoms with Crippen LogP contribution < -0.4 is 0 Å². The van der Waals surface area contributed by atoms with Crippen molar-refractivity contribution >= 4 is 27.3 Å². The number of amides is 1. The molecule has 0 aliphatic carbocycles. The number of sulfonamides is 1. The zero-order valence-corrected chi connectivity index (χ0v) is 17.9. The van der Waals surface area contributed by atoms with Gasteiger partial charge in [-0.1, -0.05) is 24.3 Å². The summed E-state index contributed by atoms with van der Waals surface area (Å²) >= 11 is 1.15. The lowest BCUT2D eigenvalue weighted by molar-refractivity contribution is 0.0776. The molecule has 3 aromatic rings. The third-order valence-electron chi connectivity index (χ3n) is 5.07. The molecule has 0 fully saturated rings. The van der Waals surface area contributed by atoms with Crippen molar-refractivity contribution in [3.05, 3.63) is 75.4 Å². The second kappa shape index (κ2) is 7.78. The van der Waals surface area contributed by atoms with Crippen LogP contribution in [0.4, 0.5) is 0 Å². The van der Waals surface area contributed by atoms with E-state index in [1.165, 1.54) is 20.8 Å². The van der Waals surface area contributed by atoms with Crippen LogP contribution in [0.3, 0.4) is 0 Å². The first-order chi connectivity index (χ1) is 13.9. The third kappa shape index (κ3) is 3.88. The van der Waals surface area contributed by atoms with Crippen molar-refractivity contribution < 1.29 is 17.6 Å². The van der Waals surface area contributed by atoms with Gasteiger partial charge in [0.2, 0.25) is 10.0 Å². The maximum atomic E-state index is 13.3. The number of furan rings is 1. The molecule has 1 aliphatic rings. The van der Waals surface area contributed by atoms with Crippen molar-refractivity contribution in [3.63, 3.8) is 0 Å². The van der Waals surface area contributed by atoms with Crippen molar-refractivity contribution in [3.8, 4) is 0 Å². The van der Waals surface area contributed by atoms with Gasteiger partial charge in [0.25, 0.3) is 5.91 Å². The van der Waals surface area contributed by atoms with E-state index in [-0.39, 0.29) is 22.2 Å². The number of carbonyl (C=O) groups is 1. The fraction of sp³-hybridized carbons (Fsp3) is 0.286. The number of nitrogens with zero attached hydrogens (tertiary/aromatic N) is 2. The van der Waals surface area contributed by atoms with Gasteiger partial charge in [0.1, 0.15) is 21.3 Å². The molecule has 0 atom stereocenters. The fourth-order valence-electron chi connectivity index (χ4n) is 3.52. The zero-order chi connectivity index (χ0) is 20.6. The van der Waals surface area contributed by atoms with Gasteiger partial charge in [0.15, 0.2) is 0 Å². The van der Waals surface area contributed by atoms with E-state index < -0.39 is 10.0 Å². The summed E-state index contributed by atoms with van der Waals surface area (Å²) in [6, 6.07) is 13.0. The first-order valence-electron chi connectivity index (χ1n) is 9.31. The molecule has 0 saturated carbocycles. The maximum Gasteiger partial charge on any atom is 0.265 e. The molecule has 3 heterocycles. The van der Waals surface area contributed by atoms with Gasteiger partial charge in [0, 0.05) is 20.1 Å². The topological polar surface area (TPSA) is 70.8 Å². The number of rotatable bonds is 5. The number of benzene rings is 1. The molecule has 0 unspecified atom stereocenters. The summed E-state index contributed by atoms with van der Waals surface area (Å²) in [6.07, 6.45) is 0.667. The van der Waals surface area contributed by atoms with Gasteiger partial charge < -0.3 is 9.32 Å². The van der Waals surface area contributed by atoms with Crippen LogP contribution >= 0.6 is 11.3 Å². The Kier molecular flexibility index (Phi) is 5.33. The van der Waals surface area contributed by atoms with E-state index in [1.54, 1.807) is 12.4 Å². The molecule has 1 amide bonds. The van der Waals surface area contributed by atoms with Crippen LogP contribution in [0, 0.1) is 6.92 Å². The standard InChI is InChI=1S/C21H22N2O4S2/c1-15-7-8-18(27-15)14-22(2)21(24)20-19(10-12-28-20)29(25,26)23-11-9-16-5-3-4-6-17(16)13-23/h3-8,10,12H,9,11,13-14H2,1-2H3. The highest BCUT2D eigenvalue weighted by atomic mass is 32.2. The lowest BCUT2D eigenvalue weighted by Gasteiger charge is -2.28. The van der Waals surface area contributed by atoms with Crippen LogP contribution in [0.25, 0.3) is 0 Å². The molecule has 152 valence electrons. The van der Waals surface area contributed by atoms with Crippen molar-refractivity contribution in [1.82, 2.24) is 9.21 Å². The highest BCUT2D eigenvalue weighted by Crippen LogP contribution is 2.30.